The molecule has 2 fully saturated rings. The van der Waals surface area contributed by atoms with E-state index < -0.39 is 0 Å². The van der Waals surface area contributed by atoms with Crippen LogP contribution in [0.1, 0.15) is 33.1 Å². The molecule has 2 atom stereocenters. The first kappa shape index (κ1) is 17.2. The minimum absolute atomic E-state index is 0.163. The molecule has 0 aromatic heterocycles. The molecule has 0 bridgehead atoms. The summed E-state index contributed by atoms with van der Waals surface area (Å²) in [6.07, 6.45) is 3.69. The molecule has 2 saturated heterocycles. The van der Waals surface area contributed by atoms with Crippen molar-refractivity contribution < 1.29 is 5.11 Å². The summed E-state index contributed by atoms with van der Waals surface area (Å²) in [6, 6.07) is 0. The number of hydrogen-bond donors (Lipinski definition) is 1. The van der Waals surface area contributed by atoms with Crippen LogP contribution >= 0.6 is 0 Å². The number of nitrogens with zero attached hydrogens (tertiary/aromatic N) is 3. The van der Waals surface area contributed by atoms with Crippen LogP contribution in [-0.2, 0) is 0 Å². The molecule has 0 aliphatic carbocycles. The minimum Gasteiger partial charge on any atom is -0.391 e. The van der Waals surface area contributed by atoms with Crippen molar-refractivity contribution in [1.82, 2.24) is 14.7 Å². The van der Waals surface area contributed by atoms with Crippen molar-refractivity contribution in [3.63, 3.8) is 0 Å². The molecule has 4 nitrogen and oxygen atoms in total. The Morgan fingerprint density at radius 1 is 1.05 bits per heavy atom. The van der Waals surface area contributed by atoms with Crippen LogP contribution in [0, 0.1) is 11.3 Å². The first-order chi connectivity index (χ1) is 9.85. The minimum atomic E-state index is -0.163. The summed E-state index contributed by atoms with van der Waals surface area (Å²) in [5.41, 5.74) is 0.318. The zero-order valence-corrected chi connectivity index (χ0v) is 14.5. The van der Waals surface area contributed by atoms with E-state index in [9.17, 15) is 5.11 Å². The third kappa shape index (κ3) is 5.51. The molecule has 0 unspecified atom stereocenters. The Bertz CT molecular complexity index is 313. The van der Waals surface area contributed by atoms with Crippen LogP contribution in [0.4, 0.5) is 0 Å². The largest absolute Gasteiger partial charge is 0.391 e. The molecule has 4 heteroatoms. The lowest BCUT2D eigenvalue weighted by atomic mass is 9.88. The predicted octanol–water partition coefficient (Wildman–Crippen LogP) is 1.35. The highest BCUT2D eigenvalue weighted by atomic mass is 16.3. The molecule has 2 rings (SSSR count). The van der Waals surface area contributed by atoms with E-state index >= 15 is 0 Å². The Morgan fingerprint density at radius 2 is 1.67 bits per heavy atom. The van der Waals surface area contributed by atoms with Gasteiger partial charge in [0.1, 0.15) is 0 Å². The molecule has 0 spiro atoms. The highest BCUT2D eigenvalue weighted by Crippen LogP contribution is 2.25. The number of piperidine rings is 1. The predicted molar refractivity (Wildman–Crippen MR) is 88.6 cm³/mol. The van der Waals surface area contributed by atoms with Gasteiger partial charge in [-0.3, -0.25) is 0 Å². The van der Waals surface area contributed by atoms with Gasteiger partial charge in [0.15, 0.2) is 0 Å². The van der Waals surface area contributed by atoms with Crippen molar-refractivity contribution >= 4 is 0 Å². The first-order valence-corrected chi connectivity index (χ1v) is 8.63. The van der Waals surface area contributed by atoms with Crippen LogP contribution < -0.4 is 0 Å². The summed E-state index contributed by atoms with van der Waals surface area (Å²) in [5.74, 6) is 0.443. The standard InChI is InChI=1S/C17H35N3O/c1-17(2,13-19-8-5-6-9-19)14-20-10-7-15(11-18(3)4)16(21)12-20/h15-16,21H,5-14H2,1-4H3/t15-,16+/m0/s1. The molecule has 0 aromatic rings. The van der Waals surface area contributed by atoms with Gasteiger partial charge < -0.3 is 19.8 Å². The van der Waals surface area contributed by atoms with Gasteiger partial charge in [-0.2, -0.15) is 0 Å². The molecule has 0 amide bonds. The third-order valence-electron chi connectivity index (χ3n) is 4.91. The van der Waals surface area contributed by atoms with Crippen molar-refractivity contribution in [2.24, 2.45) is 11.3 Å². The molecular weight excluding hydrogens is 262 g/mol. The van der Waals surface area contributed by atoms with Crippen LogP contribution in [0.3, 0.4) is 0 Å². The molecule has 2 aliphatic heterocycles. The average Bonchev–Trinajstić information content (AvgIpc) is 2.83. The van der Waals surface area contributed by atoms with Crippen LogP contribution in [0.5, 0.6) is 0 Å². The van der Waals surface area contributed by atoms with Gasteiger partial charge in [0.25, 0.3) is 0 Å². The molecule has 21 heavy (non-hydrogen) atoms. The topological polar surface area (TPSA) is 30.0 Å². The second-order valence-corrected chi connectivity index (χ2v) is 8.26. The fourth-order valence-corrected chi connectivity index (χ4v) is 4.07. The van der Waals surface area contributed by atoms with Crippen LogP contribution in [0.15, 0.2) is 0 Å². The van der Waals surface area contributed by atoms with Crippen LogP contribution in [-0.4, -0.2) is 85.8 Å². The van der Waals surface area contributed by atoms with Gasteiger partial charge in [0, 0.05) is 26.2 Å². The maximum absolute atomic E-state index is 10.4. The van der Waals surface area contributed by atoms with E-state index in [2.05, 4.69) is 42.6 Å². The lowest BCUT2D eigenvalue weighted by Crippen LogP contribution is -2.50. The highest BCUT2D eigenvalue weighted by molar-refractivity contribution is 4.86. The maximum atomic E-state index is 10.4. The number of hydrogen-bond acceptors (Lipinski definition) is 4. The van der Waals surface area contributed by atoms with Gasteiger partial charge in [-0.25, -0.2) is 0 Å². The fourth-order valence-electron chi connectivity index (χ4n) is 4.07. The van der Waals surface area contributed by atoms with E-state index in [4.69, 9.17) is 0 Å². The zero-order chi connectivity index (χ0) is 15.5. The molecule has 2 heterocycles. The summed E-state index contributed by atoms with van der Waals surface area (Å²) in [5, 5.41) is 10.4. The number of aliphatic hydroxyl groups is 1. The summed E-state index contributed by atoms with van der Waals surface area (Å²) in [6.45, 7) is 12.6. The average molecular weight is 297 g/mol. The summed E-state index contributed by atoms with van der Waals surface area (Å²) < 4.78 is 0. The smallest absolute Gasteiger partial charge is 0.0707 e. The highest BCUT2D eigenvalue weighted by Gasteiger charge is 2.32. The van der Waals surface area contributed by atoms with Crippen molar-refractivity contribution in [3.05, 3.63) is 0 Å². The van der Waals surface area contributed by atoms with Crippen molar-refractivity contribution in [3.8, 4) is 0 Å². The molecule has 0 radical (unpaired) electrons. The molecular formula is C17H35N3O. The van der Waals surface area contributed by atoms with Crippen molar-refractivity contribution in [1.29, 1.82) is 0 Å². The maximum Gasteiger partial charge on any atom is 0.0707 e. The number of likely N-dealkylation sites (tertiary alicyclic amines) is 2. The van der Waals surface area contributed by atoms with E-state index in [1.807, 2.05) is 0 Å². The van der Waals surface area contributed by atoms with Gasteiger partial charge in [-0.05, 0) is 64.3 Å². The Hall–Kier alpha value is -0.160. The van der Waals surface area contributed by atoms with E-state index in [-0.39, 0.29) is 6.10 Å². The van der Waals surface area contributed by atoms with Gasteiger partial charge in [0.05, 0.1) is 6.10 Å². The Balaban J connectivity index is 1.78. The fraction of sp³-hybridized carbons (Fsp3) is 1.00. The number of aliphatic hydroxyl groups excluding tert-OH is 1. The Labute approximate surface area is 131 Å². The summed E-state index contributed by atoms with van der Waals surface area (Å²) in [7, 11) is 4.19. The monoisotopic (exact) mass is 297 g/mol. The first-order valence-electron chi connectivity index (χ1n) is 8.63. The van der Waals surface area contributed by atoms with Crippen molar-refractivity contribution in [2.75, 3.05) is 59.9 Å². The third-order valence-corrected chi connectivity index (χ3v) is 4.91. The molecule has 124 valence electrons. The normalized spacial score (nSPS) is 29.4. The molecule has 0 aromatic carbocycles. The van der Waals surface area contributed by atoms with Gasteiger partial charge in [-0.15, -0.1) is 0 Å². The second-order valence-electron chi connectivity index (χ2n) is 8.26. The summed E-state index contributed by atoms with van der Waals surface area (Å²) in [4.78, 5) is 7.28. The lowest BCUT2D eigenvalue weighted by molar-refractivity contribution is -0.00347. The zero-order valence-electron chi connectivity index (χ0n) is 14.5. The van der Waals surface area contributed by atoms with E-state index in [0.717, 1.165) is 32.6 Å². The van der Waals surface area contributed by atoms with Crippen molar-refractivity contribution in [2.45, 2.75) is 39.2 Å². The molecule has 1 N–H and O–H groups in total. The molecule has 0 saturated carbocycles. The quantitative estimate of drug-likeness (QED) is 0.802. The van der Waals surface area contributed by atoms with E-state index in [1.54, 1.807) is 0 Å². The lowest BCUT2D eigenvalue weighted by Gasteiger charge is -2.41. The number of β-amino-alcohol motifs (C(OH)–C–C–N with tert-alkyl or cyclic N) is 1. The van der Waals surface area contributed by atoms with Crippen LogP contribution in [0.25, 0.3) is 0 Å². The molecule has 2 aliphatic rings. The van der Waals surface area contributed by atoms with E-state index in [1.165, 1.54) is 32.5 Å². The van der Waals surface area contributed by atoms with Gasteiger partial charge in [0.2, 0.25) is 0 Å². The number of rotatable bonds is 6. The Morgan fingerprint density at radius 3 is 2.24 bits per heavy atom. The SMILES string of the molecule is CN(C)C[C@@H]1CCN(CC(C)(C)CN2CCCC2)C[C@H]1O. The van der Waals surface area contributed by atoms with Gasteiger partial charge in [-0.1, -0.05) is 13.8 Å². The van der Waals surface area contributed by atoms with Gasteiger partial charge >= 0.3 is 0 Å². The van der Waals surface area contributed by atoms with Crippen LogP contribution in [0.2, 0.25) is 0 Å². The second kappa shape index (κ2) is 7.40. The Kier molecular flexibility index (Phi) is 6.06. The summed E-state index contributed by atoms with van der Waals surface area (Å²) >= 11 is 0. The van der Waals surface area contributed by atoms with E-state index in [0.29, 0.717) is 11.3 Å².